The molecule has 0 bridgehead atoms. The Morgan fingerprint density at radius 3 is 2.21 bits per heavy atom. The molecule has 0 fully saturated rings. The summed E-state index contributed by atoms with van der Waals surface area (Å²) in [6, 6.07) is 23.4. The van der Waals surface area contributed by atoms with Gasteiger partial charge in [0.2, 0.25) is 0 Å². The molecule has 168 valence electrons. The van der Waals surface area contributed by atoms with Crippen LogP contribution in [0.3, 0.4) is 0 Å². The second kappa shape index (κ2) is 9.08. The van der Waals surface area contributed by atoms with Crippen molar-refractivity contribution in [2.24, 2.45) is 0 Å². The number of hydrogen-bond donors (Lipinski definition) is 2. The Labute approximate surface area is 192 Å². The predicted octanol–water partition coefficient (Wildman–Crippen LogP) is 4.04. The highest BCUT2D eigenvalue weighted by Crippen LogP contribution is 2.44. The first-order valence-electron chi connectivity index (χ1n) is 11.2. The largest absolute Gasteiger partial charge is 0.480 e. The van der Waals surface area contributed by atoms with Crippen molar-refractivity contribution in [1.29, 1.82) is 0 Å². The molecular weight excluding hydrogens is 416 g/mol. The Bertz CT molecular complexity index is 1150. The molecule has 2 N–H and O–H groups in total. The van der Waals surface area contributed by atoms with E-state index in [1.807, 2.05) is 36.4 Å². The number of fused-ring (bicyclic) bond motifs is 4. The van der Waals surface area contributed by atoms with Crippen LogP contribution >= 0.6 is 0 Å². The van der Waals surface area contributed by atoms with Crippen molar-refractivity contribution >= 4 is 12.1 Å². The van der Waals surface area contributed by atoms with Crippen molar-refractivity contribution in [3.05, 3.63) is 95.1 Å². The van der Waals surface area contributed by atoms with Crippen LogP contribution in [0.1, 0.15) is 28.2 Å². The van der Waals surface area contributed by atoms with E-state index < -0.39 is 18.1 Å². The smallest absolute Gasteiger partial charge is 0.407 e. The molecule has 0 radical (unpaired) electrons. The average Bonchev–Trinajstić information content (AvgIpc) is 3.16. The number of nitrogens with zero attached hydrogens (tertiary/aromatic N) is 1. The lowest BCUT2D eigenvalue weighted by molar-refractivity contribution is -0.140. The summed E-state index contributed by atoms with van der Waals surface area (Å²) in [5.74, 6) is -1.13. The van der Waals surface area contributed by atoms with Gasteiger partial charge >= 0.3 is 12.1 Å². The summed E-state index contributed by atoms with van der Waals surface area (Å²) < 4.78 is 5.53. The third kappa shape index (κ3) is 4.34. The summed E-state index contributed by atoms with van der Waals surface area (Å²) in [5, 5.41) is 12.2. The molecule has 1 amide bonds. The molecule has 0 unspecified atom stereocenters. The van der Waals surface area contributed by atoms with Crippen molar-refractivity contribution in [1.82, 2.24) is 10.2 Å². The number of carboxylic acids is 1. The second-order valence-corrected chi connectivity index (χ2v) is 8.61. The first-order chi connectivity index (χ1) is 16.1. The fraction of sp³-hybridized carbons (Fsp3) is 0.259. The molecule has 6 nitrogen and oxygen atoms in total. The van der Waals surface area contributed by atoms with E-state index in [1.165, 1.54) is 11.1 Å². The monoisotopic (exact) mass is 442 g/mol. The number of alkyl carbamates (subject to hydrolysis) is 1. The van der Waals surface area contributed by atoms with E-state index in [4.69, 9.17) is 4.74 Å². The van der Waals surface area contributed by atoms with Crippen LogP contribution in [0.2, 0.25) is 0 Å². The third-order valence-corrected chi connectivity index (χ3v) is 6.58. The van der Waals surface area contributed by atoms with Gasteiger partial charge in [0, 0.05) is 25.6 Å². The highest BCUT2D eigenvalue weighted by molar-refractivity contribution is 5.81. The molecule has 3 aromatic carbocycles. The molecule has 2 aliphatic rings. The van der Waals surface area contributed by atoms with Crippen LogP contribution < -0.4 is 5.32 Å². The van der Waals surface area contributed by atoms with Crippen LogP contribution in [-0.2, 0) is 22.5 Å². The molecule has 0 aromatic heterocycles. The highest BCUT2D eigenvalue weighted by Gasteiger charge is 2.30. The van der Waals surface area contributed by atoms with Crippen LogP contribution in [0.25, 0.3) is 11.1 Å². The van der Waals surface area contributed by atoms with Gasteiger partial charge < -0.3 is 15.2 Å². The van der Waals surface area contributed by atoms with Crippen molar-refractivity contribution in [3.8, 4) is 11.1 Å². The summed E-state index contributed by atoms with van der Waals surface area (Å²) in [6.07, 6.45) is 0.162. The van der Waals surface area contributed by atoms with Gasteiger partial charge in [-0.2, -0.15) is 0 Å². The molecule has 33 heavy (non-hydrogen) atoms. The molecule has 0 spiro atoms. The van der Waals surface area contributed by atoms with Gasteiger partial charge in [0.25, 0.3) is 0 Å². The zero-order valence-electron chi connectivity index (χ0n) is 18.2. The first kappa shape index (κ1) is 21.2. The van der Waals surface area contributed by atoms with Crippen molar-refractivity contribution < 1.29 is 19.4 Å². The van der Waals surface area contributed by atoms with Gasteiger partial charge in [-0.05, 0) is 39.8 Å². The van der Waals surface area contributed by atoms with E-state index in [-0.39, 0.29) is 19.1 Å². The molecular formula is C27H26N2O4. The van der Waals surface area contributed by atoms with Crippen LogP contribution in [-0.4, -0.2) is 47.8 Å². The number of benzene rings is 3. The second-order valence-electron chi connectivity index (χ2n) is 8.61. The number of amides is 1. The van der Waals surface area contributed by atoms with Crippen molar-refractivity contribution in [2.45, 2.75) is 24.9 Å². The summed E-state index contributed by atoms with van der Waals surface area (Å²) in [5.41, 5.74) is 7.03. The standard InChI is InChI=1S/C27H26N2O4/c30-26(31)25(16-29-14-13-18-7-1-2-8-19(18)15-29)28-27(32)33-17-24-22-11-5-3-9-20(22)21-10-4-6-12-23(21)24/h1-12,24-25H,13-17H2,(H,28,32)(H,30,31)/t25-/m0/s1. The topological polar surface area (TPSA) is 78.9 Å². The van der Waals surface area contributed by atoms with Gasteiger partial charge in [-0.3, -0.25) is 4.90 Å². The molecule has 6 heteroatoms. The fourth-order valence-electron chi connectivity index (χ4n) is 4.94. The minimum absolute atomic E-state index is 0.0648. The number of ether oxygens (including phenoxy) is 1. The first-order valence-corrected chi connectivity index (χ1v) is 11.2. The zero-order valence-corrected chi connectivity index (χ0v) is 18.2. The summed E-state index contributed by atoms with van der Waals surface area (Å²) >= 11 is 0. The lowest BCUT2D eigenvalue weighted by atomic mass is 9.98. The summed E-state index contributed by atoms with van der Waals surface area (Å²) in [7, 11) is 0. The van der Waals surface area contributed by atoms with Crippen LogP contribution in [0.15, 0.2) is 72.8 Å². The lowest BCUT2D eigenvalue weighted by Crippen LogP contribution is -2.49. The minimum atomic E-state index is -1.07. The molecule has 1 aliphatic heterocycles. The normalized spacial score (nSPS) is 15.8. The quantitative estimate of drug-likeness (QED) is 0.603. The van der Waals surface area contributed by atoms with Crippen LogP contribution in [0.4, 0.5) is 4.79 Å². The molecule has 3 aromatic rings. The third-order valence-electron chi connectivity index (χ3n) is 6.58. The number of hydrogen-bond acceptors (Lipinski definition) is 4. The Morgan fingerprint density at radius 1 is 0.939 bits per heavy atom. The molecule has 1 aliphatic carbocycles. The lowest BCUT2D eigenvalue weighted by Gasteiger charge is -2.30. The Morgan fingerprint density at radius 2 is 1.55 bits per heavy atom. The van der Waals surface area contributed by atoms with Crippen molar-refractivity contribution in [2.75, 3.05) is 19.7 Å². The van der Waals surface area contributed by atoms with E-state index in [9.17, 15) is 14.7 Å². The maximum atomic E-state index is 12.6. The van der Waals surface area contributed by atoms with E-state index >= 15 is 0 Å². The van der Waals surface area contributed by atoms with E-state index in [2.05, 4.69) is 46.6 Å². The Hall–Kier alpha value is -3.64. The minimum Gasteiger partial charge on any atom is -0.480 e. The molecule has 1 atom stereocenters. The number of carbonyl (C=O) groups is 2. The number of nitrogens with one attached hydrogen (secondary N) is 1. The van der Waals surface area contributed by atoms with Crippen LogP contribution in [0, 0.1) is 0 Å². The van der Waals surface area contributed by atoms with Crippen molar-refractivity contribution in [3.63, 3.8) is 0 Å². The average molecular weight is 443 g/mol. The number of aliphatic carboxylic acids is 1. The van der Waals surface area contributed by atoms with Gasteiger partial charge in [-0.1, -0.05) is 72.8 Å². The van der Waals surface area contributed by atoms with E-state index in [0.29, 0.717) is 6.54 Å². The van der Waals surface area contributed by atoms with Gasteiger partial charge in [-0.15, -0.1) is 0 Å². The van der Waals surface area contributed by atoms with Gasteiger partial charge in [0.1, 0.15) is 12.6 Å². The Kier molecular flexibility index (Phi) is 5.84. The molecule has 1 heterocycles. The highest BCUT2D eigenvalue weighted by atomic mass is 16.5. The number of carboxylic acid groups (broad SMARTS) is 1. The summed E-state index contributed by atoms with van der Waals surface area (Å²) in [6.45, 7) is 1.82. The maximum absolute atomic E-state index is 12.6. The SMILES string of the molecule is O=C(N[C@@H](CN1CCc2ccccc2C1)C(=O)O)OCC1c2ccccc2-c2ccccc21. The number of rotatable bonds is 6. The maximum Gasteiger partial charge on any atom is 0.407 e. The predicted molar refractivity (Wildman–Crippen MR) is 125 cm³/mol. The molecule has 5 rings (SSSR count). The Balaban J connectivity index is 1.22. The zero-order chi connectivity index (χ0) is 22.8. The van der Waals surface area contributed by atoms with E-state index in [1.54, 1.807) is 0 Å². The van der Waals surface area contributed by atoms with Crippen LogP contribution in [0.5, 0.6) is 0 Å². The van der Waals surface area contributed by atoms with Gasteiger partial charge in [-0.25, -0.2) is 9.59 Å². The number of carbonyl (C=O) groups excluding carboxylic acids is 1. The fourth-order valence-corrected chi connectivity index (χ4v) is 4.94. The molecule has 0 saturated carbocycles. The molecule has 0 saturated heterocycles. The van der Waals surface area contributed by atoms with Gasteiger partial charge in [0.15, 0.2) is 0 Å². The summed E-state index contributed by atoms with van der Waals surface area (Å²) in [4.78, 5) is 26.5. The van der Waals surface area contributed by atoms with Gasteiger partial charge in [0.05, 0.1) is 0 Å². The van der Waals surface area contributed by atoms with E-state index in [0.717, 1.165) is 35.2 Å².